The van der Waals surface area contributed by atoms with Crippen LogP contribution in [0.1, 0.15) is 13.8 Å². The van der Waals surface area contributed by atoms with Gasteiger partial charge in [0.1, 0.15) is 12.6 Å². The summed E-state index contributed by atoms with van der Waals surface area (Å²) in [5, 5.41) is 7.63. The molecule has 0 aliphatic heterocycles. The van der Waals surface area contributed by atoms with E-state index >= 15 is 0 Å². The lowest BCUT2D eigenvalue weighted by molar-refractivity contribution is -0.148. The first-order valence-electron chi connectivity index (χ1n) is 6.90. The van der Waals surface area contributed by atoms with Crippen molar-refractivity contribution in [3.05, 3.63) is 0 Å². The molecule has 0 saturated heterocycles. The molecule has 0 aromatic heterocycles. The molecule has 1 atom stereocenters. The zero-order valence-electron chi connectivity index (χ0n) is 13.4. The van der Waals surface area contributed by atoms with Crippen molar-refractivity contribution in [2.45, 2.75) is 19.9 Å². The zero-order chi connectivity index (χ0) is 17.1. The number of likely N-dealkylation sites (N-methyl/N-ethyl adjacent to an activating group) is 2. The van der Waals surface area contributed by atoms with Gasteiger partial charge in [-0.25, -0.2) is 0 Å². The summed E-state index contributed by atoms with van der Waals surface area (Å²) < 4.78 is 4.77. The number of amides is 3. The molecule has 0 saturated carbocycles. The van der Waals surface area contributed by atoms with Crippen molar-refractivity contribution in [1.82, 2.24) is 20.9 Å². The summed E-state index contributed by atoms with van der Waals surface area (Å²) in [6, 6.07) is -0.842. The molecule has 3 amide bonds. The van der Waals surface area contributed by atoms with E-state index in [1.54, 1.807) is 14.0 Å². The molecular formula is C13H24N4O5. The fourth-order valence-corrected chi connectivity index (χ4v) is 1.60. The average molecular weight is 316 g/mol. The molecule has 0 heterocycles. The second kappa shape index (κ2) is 10.6. The number of ether oxygens (including phenoxy) is 1. The van der Waals surface area contributed by atoms with E-state index in [1.807, 2.05) is 0 Å². The standard InChI is InChI=1S/C13H24N4O5/c1-5-22-12(20)8-17(4)13(21)10(6-14-3)16-11(19)7-15-9(2)18/h10,14H,5-8H2,1-4H3,(H,15,18)(H,16,19). The topological polar surface area (TPSA) is 117 Å². The molecule has 22 heavy (non-hydrogen) atoms. The number of rotatable bonds is 9. The Kier molecular flexibility index (Phi) is 9.51. The van der Waals surface area contributed by atoms with Gasteiger partial charge in [0, 0.05) is 20.5 Å². The number of nitrogens with zero attached hydrogens (tertiary/aromatic N) is 1. The minimum Gasteiger partial charge on any atom is -0.465 e. The van der Waals surface area contributed by atoms with Gasteiger partial charge in [0.25, 0.3) is 0 Å². The SMILES string of the molecule is CCOC(=O)CN(C)C(=O)C(CNC)NC(=O)CNC(C)=O. The van der Waals surface area contributed by atoms with Gasteiger partial charge in [-0.15, -0.1) is 0 Å². The van der Waals surface area contributed by atoms with E-state index in [4.69, 9.17) is 4.74 Å². The van der Waals surface area contributed by atoms with Gasteiger partial charge in [0.15, 0.2) is 0 Å². The molecule has 0 aliphatic rings. The molecular weight excluding hydrogens is 292 g/mol. The largest absolute Gasteiger partial charge is 0.465 e. The predicted molar refractivity (Wildman–Crippen MR) is 78.8 cm³/mol. The first-order valence-corrected chi connectivity index (χ1v) is 6.90. The quantitative estimate of drug-likeness (QED) is 0.418. The third-order valence-electron chi connectivity index (χ3n) is 2.59. The molecule has 0 bridgehead atoms. The van der Waals surface area contributed by atoms with Crippen molar-refractivity contribution in [2.75, 3.05) is 40.3 Å². The van der Waals surface area contributed by atoms with Gasteiger partial charge in [-0.3, -0.25) is 19.2 Å². The molecule has 1 unspecified atom stereocenters. The van der Waals surface area contributed by atoms with E-state index in [0.717, 1.165) is 0 Å². The number of hydrogen-bond donors (Lipinski definition) is 3. The van der Waals surface area contributed by atoms with E-state index in [2.05, 4.69) is 16.0 Å². The molecule has 0 rings (SSSR count). The Labute approximate surface area is 129 Å². The highest BCUT2D eigenvalue weighted by atomic mass is 16.5. The summed E-state index contributed by atoms with van der Waals surface area (Å²) in [4.78, 5) is 47.2. The lowest BCUT2D eigenvalue weighted by atomic mass is 10.2. The summed E-state index contributed by atoms with van der Waals surface area (Å²) in [7, 11) is 3.08. The van der Waals surface area contributed by atoms with Crippen LogP contribution in [0, 0.1) is 0 Å². The van der Waals surface area contributed by atoms with Gasteiger partial charge in [0.05, 0.1) is 13.2 Å². The Morgan fingerprint density at radius 2 is 1.86 bits per heavy atom. The Morgan fingerprint density at radius 1 is 1.23 bits per heavy atom. The van der Waals surface area contributed by atoms with Crippen LogP contribution < -0.4 is 16.0 Å². The number of carbonyl (C=O) groups excluding carboxylic acids is 4. The van der Waals surface area contributed by atoms with E-state index in [1.165, 1.54) is 18.9 Å². The van der Waals surface area contributed by atoms with Crippen molar-refractivity contribution in [3.8, 4) is 0 Å². The first-order chi connectivity index (χ1) is 10.3. The summed E-state index contributed by atoms with van der Waals surface area (Å²) in [6.45, 7) is 2.97. The third-order valence-corrected chi connectivity index (χ3v) is 2.59. The van der Waals surface area contributed by atoms with Crippen molar-refractivity contribution in [3.63, 3.8) is 0 Å². The van der Waals surface area contributed by atoms with Gasteiger partial charge in [-0.2, -0.15) is 0 Å². The highest BCUT2D eigenvalue weighted by Gasteiger charge is 2.24. The molecule has 0 aromatic carbocycles. The summed E-state index contributed by atoms with van der Waals surface area (Å²) >= 11 is 0. The van der Waals surface area contributed by atoms with E-state index in [0.29, 0.717) is 0 Å². The van der Waals surface area contributed by atoms with Crippen LogP contribution in [0.2, 0.25) is 0 Å². The van der Waals surface area contributed by atoms with Crippen LogP contribution in [0.3, 0.4) is 0 Å². The maximum absolute atomic E-state index is 12.2. The van der Waals surface area contributed by atoms with E-state index < -0.39 is 23.8 Å². The molecule has 0 spiro atoms. The minimum absolute atomic E-state index is 0.192. The van der Waals surface area contributed by atoms with Crippen LogP contribution in [-0.2, 0) is 23.9 Å². The fourth-order valence-electron chi connectivity index (χ4n) is 1.60. The van der Waals surface area contributed by atoms with Gasteiger partial charge >= 0.3 is 5.97 Å². The number of nitrogens with one attached hydrogen (secondary N) is 3. The van der Waals surface area contributed by atoms with E-state index in [9.17, 15) is 19.2 Å². The number of hydrogen-bond acceptors (Lipinski definition) is 6. The molecule has 0 aromatic rings. The summed E-state index contributed by atoms with van der Waals surface area (Å²) in [6.07, 6.45) is 0. The van der Waals surface area contributed by atoms with Crippen LogP contribution in [0.4, 0.5) is 0 Å². The van der Waals surface area contributed by atoms with Crippen molar-refractivity contribution in [1.29, 1.82) is 0 Å². The molecule has 0 radical (unpaired) electrons. The highest BCUT2D eigenvalue weighted by molar-refractivity contribution is 5.91. The summed E-state index contributed by atoms with van der Waals surface area (Å²) in [5.74, 6) is -1.79. The third kappa shape index (κ3) is 8.20. The second-order valence-electron chi connectivity index (χ2n) is 4.59. The van der Waals surface area contributed by atoms with Crippen molar-refractivity contribution < 1.29 is 23.9 Å². The van der Waals surface area contributed by atoms with Gasteiger partial charge in [-0.05, 0) is 14.0 Å². The summed E-state index contributed by atoms with van der Waals surface area (Å²) in [5.41, 5.74) is 0. The van der Waals surface area contributed by atoms with Gasteiger partial charge < -0.3 is 25.6 Å². The Hall–Kier alpha value is -2.16. The molecule has 126 valence electrons. The van der Waals surface area contributed by atoms with E-state index in [-0.39, 0.29) is 32.1 Å². The molecule has 3 N–H and O–H groups in total. The minimum atomic E-state index is -0.842. The van der Waals surface area contributed by atoms with Crippen LogP contribution in [0.15, 0.2) is 0 Å². The average Bonchev–Trinajstić information content (AvgIpc) is 2.44. The van der Waals surface area contributed by atoms with Crippen LogP contribution >= 0.6 is 0 Å². The van der Waals surface area contributed by atoms with Crippen molar-refractivity contribution >= 4 is 23.7 Å². The fraction of sp³-hybridized carbons (Fsp3) is 0.692. The van der Waals surface area contributed by atoms with Crippen LogP contribution in [-0.4, -0.2) is 75.0 Å². The maximum Gasteiger partial charge on any atom is 0.325 e. The Balaban J connectivity index is 4.57. The maximum atomic E-state index is 12.2. The van der Waals surface area contributed by atoms with Crippen molar-refractivity contribution in [2.24, 2.45) is 0 Å². The van der Waals surface area contributed by atoms with Gasteiger partial charge in [-0.1, -0.05) is 0 Å². The predicted octanol–water partition coefficient (Wildman–Crippen LogP) is -2.15. The molecule has 9 heteroatoms. The molecule has 9 nitrogen and oxygen atoms in total. The molecule has 0 aliphatic carbocycles. The smallest absolute Gasteiger partial charge is 0.325 e. The first kappa shape index (κ1) is 19.8. The van der Waals surface area contributed by atoms with Crippen LogP contribution in [0.5, 0.6) is 0 Å². The zero-order valence-corrected chi connectivity index (χ0v) is 13.4. The van der Waals surface area contributed by atoms with Crippen LogP contribution in [0.25, 0.3) is 0 Å². The Morgan fingerprint density at radius 3 is 2.36 bits per heavy atom. The molecule has 0 fully saturated rings. The number of carbonyl (C=O) groups is 4. The normalized spacial score (nSPS) is 11.3. The number of esters is 1. The lowest BCUT2D eigenvalue weighted by Gasteiger charge is -2.23. The van der Waals surface area contributed by atoms with Gasteiger partial charge in [0.2, 0.25) is 17.7 Å². The second-order valence-corrected chi connectivity index (χ2v) is 4.59. The monoisotopic (exact) mass is 316 g/mol. The highest BCUT2D eigenvalue weighted by Crippen LogP contribution is 1.94. The Bertz CT molecular complexity index is 413. The lowest BCUT2D eigenvalue weighted by Crippen LogP contribution is -2.54.